The molecule has 154 valence electrons. The van der Waals surface area contributed by atoms with Gasteiger partial charge in [-0.25, -0.2) is 0 Å². The molecule has 1 fully saturated rings. The molecular formula is C25H30O4. The molecule has 0 bridgehead atoms. The number of carbonyl (C=O) groups is 2. The molecule has 0 aliphatic heterocycles. The summed E-state index contributed by atoms with van der Waals surface area (Å²) in [5.41, 5.74) is 1.56. The number of hydrogen-bond acceptors (Lipinski definition) is 4. The van der Waals surface area contributed by atoms with Crippen LogP contribution in [0, 0.1) is 5.41 Å². The molecule has 2 aromatic carbocycles. The van der Waals surface area contributed by atoms with E-state index >= 15 is 0 Å². The van der Waals surface area contributed by atoms with E-state index in [0.717, 1.165) is 11.1 Å². The lowest BCUT2D eigenvalue weighted by Crippen LogP contribution is -2.36. The van der Waals surface area contributed by atoms with Crippen molar-refractivity contribution in [3.05, 3.63) is 78.4 Å². The minimum absolute atomic E-state index is 0.255. The molecule has 4 heteroatoms. The maximum Gasteiger partial charge on any atom is 0.324 e. The van der Waals surface area contributed by atoms with Crippen LogP contribution >= 0.6 is 0 Å². The van der Waals surface area contributed by atoms with Crippen molar-refractivity contribution >= 4 is 17.5 Å². The highest BCUT2D eigenvalue weighted by molar-refractivity contribution is 6.06. The molecule has 29 heavy (non-hydrogen) atoms. The van der Waals surface area contributed by atoms with Gasteiger partial charge in [-0.15, -0.1) is 0 Å². The van der Waals surface area contributed by atoms with E-state index in [1.165, 1.54) is 5.56 Å². The van der Waals surface area contributed by atoms with Crippen LogP contribution in [-0.2, 0) is 24.5 Å². The molecule has 2 aromatic rings. The average Bonchev–Trinajstić information content (AvgIpc) is 3.39. The standard InChI is InChI=1S/C16H20O4.C9H10/c1-4-19-13(17)16(14(18)20-5-2)11-15(16,3)12-9-7-6-8-10-12;1-8(2)9-6-4-3-5-7-9/h6-10H,4-5,11H2,1-3H3;3-7H,1H2,2H3. The molecule has 1 saturated carbocycles. The van der Waals surface area contributed by atoms with Crippen LogP contribution in [0.4, 0.5) is 0 Å². The Hall–Kier alpha value is -2.88. The third-order valence-corrected chi connectivity index (χ3v) is 5.36. The predicted molar refractivity (Wildman–Crippen MR) is 115 cm³/mol. The van der Waals surface area contributed by atoms with Gasteiger partial charge in [-0.3, -0.25) is 9.59 Å². The molecule has 0 N–H and O–H groups in total. The van der Waals surface area contributed by atoms with Crippen molar-refractivity contribution in [3.8, 4) is 0 Å². The summed E-state index contributed by atoms with van der Waals surface area (Å²) in [5.74, 6) is -0.963. The Balaban J connectivity index is 0.000000278. The quantitative estimate of drug-likeness (QED) is 0.500. The van der Waals surface area contributed by atoms with Gasteiger partial charge in [-0.2, -0.15) is 0 Å². The van der Waals surface area contributed by atoms with Crippen LogP contribution in [-0.4, -0.2) is 25.2 Å². The molecule has 1 aliphatic carbocycles. The number of rotatable bonds is 6. The second-order valence-corrected chi connectivity index (χ2v) is 7.37. The van der Waals surface area contributed by atoms with Crippen LogP contribution in [0.25, 0.3) is 5.57 Å². The lowest BCUT2D eigenvalue weighted by Gasteiger charge is -2.20. The second kappa shape index (κ2) is 9.55. The Morgan fingerprint density at radius 2 is 1.34 bits per heavy atom. The highest BCUT2D eigenvalue weighted by Crippen LogP contribution is 2.65. The molecule has 1 atom stereocenters. The van der Waals surface area contributed by atoms with E-state index in [9.17, 15) is 9.59 Å². The van der Waals surface area contributed by atoms with E-state index in [0.29, 0.717) is 6.42 Å². The van der Waals surface area contributed by atoms with Crippen LogP contribution in [0.15, 0.2) is 67.2 Å². The molecule has 0 aromatic heterocycles. The summed E-state index contributed by atoms with van der Waals surface area (Å²) in [6.45, 7) is 11.7. The normalized spacial score (nSPS) is 18.6. The first-order valence-corrected chi connectivity index (χ1v) is 9.94. The van der Waals surface area contributed by atoms with Crippen LogP contribution in [0.3, 0.4) is 0 Å². The van der Waals surface area contributed by atoms with Gasteiger partial charge < -0.3 is 9.47 Å². The van der Waals surface area contributed by atoms with E-state index in [1.54, 1.807) is 13.8 Å². The molecule has 0 heterocycles. The van der Waals surface area contributed by atoms with E-state index in [1.807, 2.05) is 62.4 Å². The van der Waals surface area contributed by atoms with Crippen LogP contribution < -0.4 is 0 Å². The summed E-state index contributed by atoms with van der Waals surface area (Å²) in [4.78, 5) is 24.6. The van der Waals surface area contributed by atoms with Gasteiger partial charge in [-0.1, -0.05) is 79.7 Å². The smallest absolute Gasteiger partial charge is 0.324 e. The van der Waals surface area contributed by atoms with Crippen LogP contribution in [0.5, 0.6) is 0 Å². The first-order chi connectivity index (χ1) is 13.8. The van der Waals surface area contributed by atoms with Crippen molar-refractivity contribution in [2.75, 3.05) is 13.2 Å². The van der Waals surface area contributed by atoms with Gasteiger partial charge in [0.25, 0.3) is 0 Å². The number of allylic oxidation sites excluding steroid dienone is 1. The van der Waals surface area contributed by atoms with Gasteiger partial charge >= 0.3 is 11.9 Å². The molecule has 0 spiro atoms. The molecule has 4 nitrogen and oxygen atoms in total. The van der Waals surface area contributed by atoms with Crippen molar-refractivity contribution in [1.29, 1.82) is 0 Å². The fraction of sp³-hybridized carbons (Fsp3) is 0.360. The molecule has 0 amide bonds. The summed E-state index contributed by atoms with van der Waals surface area (Å²) in [6.07, 6.45) is 0.432. The summed E-state index contributed by atoms with van der Waals surface area (Å²) >= 11 is 0. The molecule has 3 rings (SSSR count). The van der Waals surface area contributed by atoms with Crippen molar-refractivity contribution in [2.45, 2.75) is 39.5 Å². The van der Waals surface area contributed by atoms with Gasteiger partial charge in [0.2, 0.25) is 0 Å². The number of benzene rings is 2. The fourth-order valence-electron chi connectivity index (χ4n) is 3.55. The Kier molecular flexibility index (Phi) is 7.38. The minimum atomic E-state index is -1.19. The molecule has 0 radical (unpaired) electrons. The van der Waals surface area contributed by atoms with Crippen molar-refractivity contribution in [1.82, 2.24) is 0 Å². The number of carbonyl (C=O) groups excluding carboxylic acids is 2. The lowest BCUT2D eigenvalue weighted by atomic mass is 9.87. The Bertz CT molecular complexity index is 824. The van der Waals surface area contributed by atoms with Crippen molar-refractivity contribution in [3.63, 3.8) is 0 Å². The largest absolute Gasteiger partial charge is 0.465 e. The predicted octanol–water partition coefficient (Wildman–Crippen LogP) is 5.18. The van der Waals surface area contributed by atoms with Crippen LogP contribution in [0.2, 0.25) is 0 Å². The van der Waals surface area contributed by atoms with Gasteiger partial charge in [0, 0.05) is 5.41 Å². The van der Waals surface area contributed by atoms with Crippen molar-refractivity contribution < 1.29 is 19.1 Å². The third-order valence-electron chi connectivity index (χ3n) is 5.36. The van der Waals surface area contributed by atoms with Gasteiger partial charge in [0.15, 0.2) is 5.41 Å². The summed E-state index contributed by atoms with van der Waals surface area (Å²) in [6, 6.07) is 19.7. The zero-order valence-corrected chi connectivity index (χ0v) is 17.7. The average molecular weight is 395 g/mol. The Morgan fingerprint density at radius 3 is 1.72 bits per heavy atom. The summed E-state index contributed by atoms with van der Waals surface area (Å²) < 4.78 is 10.2. The minimum Gasteiger partial charge on any atom is -0.465 e. The monoisotopic (exact) mass is 394 g/mol. The van der Waals surface area contributed by atoms with Gasteiger partial charge in [-0.05, 0) is 38.3 Å². The third kappa shape index (κ3) is 4.58. The van der Waals surface area contributed by atoms with E-state index in [4.69, 9.17) is 9.47 Å². The maximum atomic E-state index is 12.3. The number of ether oxygens (including phenoxy) is 2. The summed E-state index contributed by atoms with van der Waals surface area (Å²) in [7, 11) is 0. The molecule has 0 saturated heterocycles. The Labute approximate surface area is 173 Å². The van der Waals surface area contributed by atoms with Gasteiger partial charge in [0.05, 0.1) is 13.2 Å². The molecular weight excluding hydrogens is 364 g/mol. The Morgan fingerprint density at radius 1 is 0.897 bits per heavy atom. The summed E-state index contributed by atoms with van der Waals surface area (Å²) in [5, 5.41) is 0. The number of hydrogen-bond donors (Lipinski definition) is 0. The second-order valence-electron chi connectivity index (χ2n) is 7.37. The maximum absolute atomic E-state index is 12.3. The van der Waals surface area contributed by atoms with Gasteiger partial charge in [0.1, 0.15) is 0 Å². The van der Waals surface area contributed by atoms with E-state index in [2.05, 4.69) is 18.7 Å². The highest BCUT2D eigenvalue weighted by atomic mass is 16.6. The molecule has 1 aliphatic rings. The first-order valence-electron chi connectivity index (χ1n) is 9.94. The zero-order valence-electron chi connectivity index (χ0n) is 17.7. The lowest BCUT2D eigenvalue weighted by molar-refractivity contribution is -0.165. The van der Waals surface area contributed by atoms with E-state index in [-0.39, 0.29) is 13.2 Å². The highest BCUT2D eigenvalue weighted by Gasteiger charge is 2.76. The zero-order chi connectivity index (χ0) is 21.5. The topological polar surface area (TPSA) is 52.6 Å². The van der Waals surface area contributed by atoms with E-state index < -0.39 is 22.8 Å². The fourth-order valence-corrected chi connectivity index (χ4v) is 3.55. The number of esters is 2. The molecule has 1 unspecified atom stereocenters. The first kappa shape index (κ1) is 22.4. The van der Waals surface area contributed by atoms with Crippen LogP contribution in [0.1, 0.15) is 45.2 Å². The SMILES string of the molecule is C=C(C)c1ccccc1.CCOC(=O)C1(C(=O)OCC)CC1(C)c1ccccc1. The van der Waals surface area contributed by atoms with Crippen molar-refractivity contribution in [2.24, 2.45) is 5.41 Å².